The third kappa shape index (κ3) is 23.1. The van der Waals surface area contributed by atoms with Gasteiger partial charge in [-0.25, -0.2) is 0 Å². The summed E-state index contributed by atoms with van der Waals surface area (Å²) in [4.78, 5) is 0. The SMILES string of the molecule is C1CCOC1.C1CCOC1.CCCC[N-]c1ccccc1C.CCCC[N-]c1ccccc1C.[Cl-].[Cl-].[Zr+4]. The van der Waals surface area contributed by atoms with Crippen LogP contribution in [0.15, 0.2) is 48.5 Å². The van der Waals surface area contributed by atoms with Crippen molar-refractivity contribution in [2.24, 2.45) is 0 Å². The van der Waals surface area contributed by atoms with Crippen LogP contribution >= 0.6 is 0 Å². The van der Waals surface area contributed by atoms with Crippen molar-refractivity contribution in [2.45, 2.75) is 79.1 Å². The molecule has 0 atom stereocenters. The van der Waals surface area contributed by atoms with Gasteiger partial charge in [-0.2, -0.15) is 0 Å². The average molecular weight is 631 g/mol. The van der Waals surface area contributed by atoms with Crippen molar-refractivity contribution in [3.05, 3.63) is 70.3 Å². The van der Waals surface area contributed by atoms with Crippen LogP contribution < -0.4 is 24.8 Å². The van der Waals surface area contributed by atoms with Gasteiger partial charge in [0.25, 0.3) is 0 Å². The van der Waals surface area contributed by atoms with E-state index >= 15 is 0 Å². The van der Waals surface area contributed by atoms with E-state index in [1.165, 1.54) is 62.5 Å². The monoisotopic (exact) mass is 628 g/mol. The minimum atomic E-state index is 0. The third-order valence-corrected chi connectivity index (χ3v) is 5.47. The Labute approximate surface area is 259 Å². The first-order chi connectivity index (χ1) is 16.7. The van der Waals surface area contributed by atoms with E-state index in [0.29, 0.717) is 0 Å². The smallest absolute Gasteiger partial charge is 1.00 e. The van der Waals surface area contributed by atoms with E-state index in [1.54, 1.807) is 0 Å². The fourth-order valence-electron chi connectivity index (χ4n) is 3.22. The van der Waals surface area contributed by atoms with Crippen LogP contribution in [0.25, 0.3) is 10.6 Å². The fourth-order valence-corrected chi connectivity index (χ4v) is 3.22. The van der Waals surface area contributed by atoms with Crippen LogP contribution in [-0.2, 0) is 35.7 Å². The predicted molar refractivity (Wildman–Crippen MR) is 148 cm³/mol. The fraction of sp³-hybridized carbons (Fsp3) is 0.600. The van der Waals surface area contributed by atoms with Crippen LogP contribution in [0.2, 0.25) is 0 Å². The molecular weight excluding hydrogens is 582 g/mol. The number of nitrogens with zero attached hydrogens (tertiary/aromatic N) is 2. The molecule has 0 N–H and O–H groups in total. The second-order valence-corrected chi connectivity index (χ2v) is 8.68. The van der Waals surface area contributed by atoms with Crippen LogP contribution in [0.5, 0.6) is 0 Å². The molecule has 2 fully saturated rings. The summed E-state index contributed by atoms with van der Waals surface area (Å²) in [6, 6.07) is 16.5. The van der Waals surface area contributed by atoms with Crippen LogP contribution in [0.4, 0.5) is 11.4 Å². The molecule has 7 heteroatoms. The Bertz CT molecular complexity index is 654. The van der Waals surface area contributed by atoms with Crippen molar-refractivity contribution < 1.29 is 60.5 Å². The molecule has 0 bridgehead atoms. The molecule has 0 aliphatic carbocycles. The average Bonchev–Trinajstić information content (AvgIpc) is 3.62. The van der Waals surface area contributed by atoms with Crippen molar-refractivity contribution in [2.75, 3.05) is 39.5 Å². The van der Waals surface area contributed by atoms with Gasteiger partial charge in [-0.1, -0.05) is 99.2 Å². The van der Waals surface area contributed by atoms with Gasteiger partial charge in [0, 0.05) is 26.4 Å². The molecule has 2 saturated heterocycles. The van der Waals surface area contributed by atoms with Gasteiger partial charge in [-0.3, -0.25) is 0 Å². The molecule has 0 saturated carbocycles. The van der Waals surface area contributed by atoms with Gasteiger partial charge in [0.05, 0.1) is 0 Å². The Balaban J connectivity index is -0.000000433. The number of rotatable bonds is 8. The Morgan fingerprint density at radius 1 is 0.595 bits per heavy atom. The molecule has 2 aliphatic heterocycles. The van der Waals surface area contributed by atoms with Crippen LogP contribution in [-0.4, -0.2) is 39.5 Å². The van der Waals surface area contributed by atoms with E-state index in [1.807, 2.05) is 24.3 Å². The second kappa shape index (κ2) is 30.0. The summed E-state index contributed by atoms with van der Waals surface area (Å²) in [6.45, 7) is 14.5. The van der Waals surface area contributed by atoms with Gasteiger partial charge < -0.3 is 44.9 Å². The summed E-state index contributed by atoms with van der Waals surface area (Å²) in [5.74, 6) is 0. The summed E-state index contributed by atoms with van der Waals surface area (Å²) in [5, 5.41) is 8.99. The number of unbranched alkanes of at least 4 members (excludes halogenated alkanes) is 2. The first-order valence-electron chi connectivity index (χ1n) is 13.3. The molecular formula is C30H48Cl2N2O2Zr. The summed E-state index contributed by atoms with van der Waals surface area (Å²) in [7, 11) is 0. The number of para-hydroxylation sites is 2. The number of ether oxygens (including phenoxy) is 2. The molecule has 37 heavy (non-hydrogen) atoms. The van der Waals surface area contributed by atoms with Gasteiger partial charge in [0.2, 0.25) is 0 Å². The summed E-state index contributed by atoms with van der Waals surface area (Å²) in [5.41, 5.74) is 4.83. The molecule has 0 radical (unpaired) electrons. The normalized spacial score (nSPS) is 12.9. The molecule has 0 unspecified atom stereocenters. The maximum atomic E-state index is 4.94. The minimum Gasteiger partial charge on any atom is -1.00 e. The van der Waals surface area contributed by atoms with E-state index in [-0.39, 0.29) is 51.0 Å². The number of hydrogen-bond donors (Lipinski definition) is 0. The standard InChI is InChI=1S/2C11H16N.2C4H8O.2ClH.Zr/c2*1-3-4-9-12-11-8-6-5-7-10(11)2;2*1-2-4-5-3-1;;;/h2*5-8H,3-4,9H2,1-2H3;2*1-4H2;2*1H;/q2*-1;;;;;+4/p-2. The predicted octanol–water partition coefficient (Wildman–Crippen LogP) is 3.20. The third-order valence-electron chi connectivity index (χ3n) is 5.47. The van der Waals surface area contributed by atoms with E-state index in [4.69, 9.17) is 9.47 Å². The molecule has 0 aromatic heterocycles. The molecule has 0 amide bonds. The van der Waals surface area contributed by atoms with Gasteiger partial charge in [0.1, 0.15) is 0 Å². The Morgan fingerprint density at radius 3 is 1.16 bits per heavy atom. The summed E-state index contributed by atoms with van der Waals surface area (Å²) in [6.07, 6.45) is 9.92. The van der Waals surface area contributed by atoms with Crippen molar-refractivity contribution in [1.82, 2.24) is 0 Å². The van der Waals surface area contributed by atoms with Crippen LogP contribution in [0.1, 0.15) is 76.3 Å². The summed E-state index contributed by atoms with van der Waals surface area (Å²) >= 11 is 0. The van der Waals surface area contributed by atoms with Crippen LogP contribution in [0.3, 0.4) is 0 Å². The van der Waals surface area contributed by atoms with Gasteiger partial charge in [0.15, 0.2) is 0 Å². The molecule has 2 heterocycles. The van der Waals surface area contributed by atoms with E-state index in [2.05, 4.69) is 62.6 Å². The molecule has 4 nitrogen and oxygen atoms in total. The summed E-state index contributed by atoms with van der Waals surface area (Å²) < 4.78 is 9.89. The van der Waals surface area contributed by atoms with Gasteiger partial charge >= 0.3 is 26.2 Å². The minimum absolute atomic E-state index is 0. The maximum Gasteiger partial charge on any atom is 4.00 e. The number of hydrogen-bond acceptors (Lipinski definition) is 2. The maximum absolute atomic E-state index is 4.94. The zero-order chi connectivity index (χ0) is 24.7. The molecule has 208 valence electrons. The largest absolute Gasteiger partial charge is 4.00 e. The van der Waals surface area contributed by atoms with Crippen molar-refractivity contribution in [3.8, 4) is 0 Å². The van der Waals surface area contributed by atoms with Gasteiger partial charge in [-0.05, 0) is 39.5 Å². The number of benzene rings is 2. The second-order valence-electron chi connectivity index (χ2n) is 8.68. The molecule has 2 aliphatic rings. The zero-order valence-corrected chi connectivity index (χ0v) is 27.5. The first kappa shape index (κ1) is 40.9. The first-order valence-corrected chi connectivity index (χ1v) is 13.3. The van der Waals surface area contributed by atoms with Crippen molar-refractivity contribution in [3.63, 3.8) is 0 Å². The topological polar surface area (TPSA) is 46.7 Å². The molecule has 2 aromatic rings. The number of halogens is 2. The number of aryl methyl sites for hydroxylation is 2. The van der Waals surface area contributed by atoms with E-state index < -0.39 is 0 Å². The Kier molecular flexibility index (Phi) is 33.1. The van der Waals surface area contributed by atoms with Crippen LogP contribution in [0, 0.1) is 13.8 Å². The molecule has 4 rings (SSSR count). The van der Waals surface area contributed by atoms with Gasteiger partial charge in [-0.15, -0.1) is 24.5 Å². The quantitative estimate of drug-likeness (QED) is 0.421. The Morgan fingerprint density at radius 2 is 0.919 bits per heavy atom. The molecule has 2 aromatic carbocycles. The van der Waals surface area contributed by atoms with E-state index in [0.717, 1.165) is 50.9 Å². The Hall–Kier alpha value is -0.577. The van der Waals surface area contributed by atoms with Crippen molar-refractivity contribution in [1.29, 1.82) is 0 Å². The van der Waals surface area contributed by atoms with Crippen molar-refractivity contribution >= 4 is 11.4 Å². The van der Waals surface area contributed by atoms with E-state index in [9.17, 15) is 0 Å². The molecule has 0 spiro atoms. The zero-order valence-electron chi connectivity index (χ0n) is 23.5.